The molecule has 2 heterocycles. The minimum atomic E-state index is -4.51. The predicted molar refractivity (Wildman–Crippen MR) is 152 cm³/mol. The number of rotatable bonds is 12. The number of carbonyl (C=O) groups excluding carboxylic acids is 1. The van der Waals surface area contributed by atoms with Crippen LogP contribution in [0.4, 0.5) is 23.7 Å². The van der Waals surface area contributed by atoms with E-state index in [4.69, 9.17) is 10.4 Å². The van der Waals surface area contributed by atoms with Crippen LogP contribution in [0.1, 0.15) is 25.1 Å². The van der Waals surface area contributed by atoms with Crippen molar-refractivity contribution in [1.29, 1.82) is 10.7 Å². The highest BCUT2D eigenvalue weighted by molar-refractivity contribution is 6.00. The number of aliphatic imine (C=N–C) groups is 2. The van der Waals surface area contributed by atoms with Crippen molar-refractivity contribution in [2.75, 3.05) is 38.5 Å². The first-order chi connectivity index (χ1) is 19.6. The van der Waals surface area contributed by atoms with Crippen LogP contribution in [0.25, 0.3) is 17.3 Å². The molecule has 10 nitrogen and oxygen atoms in total. The second-order valence-corrected chi connectivity index (χ2v) is 10.4. The number of alkyl halides is 3. The number of likely N-dealkylation sites (tertiary alicyclic amines) is 1. The Morgan fingerprint density at radius 3 is 2.83 bits per heavy atom. The van der Waals surface area contributed by atoms with Gasteiger partial charge in [-0.1, -0.05) is 12.1 Å². The molecule has 4 N–H and O–H groups in total. The van der Waals surface area contributed by atoms with Crippen molar-refractivity contribution in [1.82, 2.24) is 20.2 Å². The van der Waals surface area contributed by atoms with Crippen molar-refractivity contribution < 1.29 is 18.0 Å². The van der Waals surface area contributed by atoms with E-state index in [1.807, 2.05) is 0 Å². The summed E-state index contributed by atoms with van der Waals surface area (Å²) in [6, 6.07) is 7.88. The van der Waals surface area contributed by atoms with Gasteiger partial charge < -0.3 is 21.0 Å². The van der Waals surface area contributed by atoms with E-state index >= 15 is 0 Å². The molecule has 1 aromatic carbocycles. The molecule has 2 fully saturated rings. The highest BCUT2D eigenvalue weighted by Gasteiger charge is 2.44. The maximum Gasteiger partial charge on any atom is 0.405 e. The molecule has 0 bridgehead atoms. The number of H-pyrrole nitrogens is 1. The summed E-state index contributed by atoms with van der Waals surface area (Å²) >= 11 is 0. The number of hydrogen-bond donors (Lipinski definition) is 4. The minimum absolute atomic E-state index is 0.311. The van der Waals surface area contributed by atoms with Gasteiger partial charge in [0.2, 0.25) is 0 Å². The summed E-state index contributed by atoms with van der Waals surface area (Å²) in [6.07, 6.45) is 6.29. The summed E-state index contributed by atoms with van der Waals surface area (Å²) in [5.74, 6) is 0.772. The average molecular weight is 568 g/mol. The number of nitriles is 1. The molecule has 0 radical (unpaired) electrons. The number of halogens is 3. The quantitative estimate of drug-likeness (QED) is 0.279. The largest absolute Gasteiger partial charge is 0.405 e. The van der Waals surface area contributed by atoms with E-state index in [0.717, 1.165) is 25.6 Å². The third-order valence-corrected chi connectivity index (χ3v) is 6.79. The lowest BCUT2D eigenvalue weighted by molar-refractivity contribution is -0.122. The van der Waals surface area contributed by atoms with E-state index in [0.29, 0.717) is 34.8 Å². The fourth-order valence-electron chi connectivity index (χ4n) is 4.63. The van der Waals surface area contributed by atoms with E-state index in [1.54, 1.807) is 61.3 Å². The molecule has 1 unspecified atom stereocenters. The highest BCUT2D eigenvalue weighted by Crippen LogP contribution is 2.35. The van der Waals surface area contributed by atoms with Crippen LogP contribution in [-0.2, 0) is 0 Å². The van der Waals surface area contributed by atoms with Crippen LogP contribution in [0.2, 0.25) is 0 Å². The third kappa shape index (κ3) is 8.59. The molecular formula is C28H32F3N9O. The van der Waals surface area contributed by atoms with E-state index in [2.05, 4.69) is 31.2 Å². The highest BCUT2D eigenvalue weighted by atomic mass is 19.4. The van der Waals surface area contributed by atoms with Gasteiger partial charge in [0.05, 0.1) is 35.8 Å². The second-order valence-electron chi connectivity index (χ2n) is 10.4. The molecule has 216 valence electrons. The van der Waals surface area contributed by atoms with E-state index < -0.39 is 30.2 Å². The number of carbonyl (C=O) groups is 1. The summed E-state index contributed by atoms with van der Waals surface area (Å²) in [5.41, 5.74) is 1.79. The van der Waals surface area contributed by atoms with Crippen LogP contribution < -0.4 is 10.6 Å². The molecule has 4 rings (SSSR count). The van der Waals surface area contributed by atoms with Crippen LogP contribution in [0, 0.1) is 28.6 Å². The van der Waals surface area contributed by atoms with Crippen LogP contribution >= 0.6 is 0 Å². The standard InChI is InChI=1S/C28H32F3N9O/c1-34-12-21(22(11-33)13-37-27(7-8-32)17-40(18-27)15-19-5-6-19)10-25-35-14-24(39-25)20-3-2-4-23(9-20)38-26(41)36-16-28(29,30)31/h2-4,9-14,19,22,33H,5-7,15-18H2,1H3,(H,35,39)(H2,36,38,41)/b21-10+,33-11?,34-12?,37-13?. The molecule has 1 saturated heterocycles. The Bertz CT molecular complexity index is 1360. The van der Waals surface area contributed by atoms with Gasteiger partial charge in [0.25, 0.3) is 0 Å². The van der Waals surface area contributed by atoms with Gasteiger partial charge in [0.1, 0.15) is 12.4 Å². The maximum absolute atomic E-state index is 12.4. The van der Waals surface area contributed by atoms with E-state index in [1.165, 1.54) is 19.1 Å². The Hall–Kier alpha value is -4.31. The number of hydrogen-bond acceptors (Lipinski definition) is 7. The van der Waals surface area contributed by atoms with Crippen molar-refractivity contribution >= 4 is 36.4 Å². The number of amides is 2. The maximum atomic E-state index is 12.4. The summed E-state index contributed by atoms with van der Waals surface area (Å²) in [7, 11) is 1.63. The first kappa shape index (κ1) is 29.7. The first-order valence-electron chi connectivity index (χ1n) is 13.2. The van der Waals surface area contributed by atoms with Crippen molar-refractivity contribution in [3.8, 4) is 17.3 Å². The molecule has 13 heteroatoms. The number of nitrogens with one attached hydrogen (secondary N) is 4. The van der Waals surface area contributed by atoms with Gasteiger partial charge >= 0.3 is 12.2 Å². The third-order valence-electron chi connectivity index (χ3n) is 6.79. The Kier molecular flexibility index (Phi) is 9.34. The Balaban J connectivity index is 1.45. The number of aromatic nitrogens is 2. The fourth-order valence-corrected chi connectivity index (χ4v) is 4.63. The molecule has 41 heavy (non-hydrogen) atoms. The lowest BCUT2D eigenvalue weighted by atomic mass is 9.87. The van der Waals surface area contributed by atoms with Crippen molar-refractivity contribution in [2.45, 2.75) is 31.0 Å². The fraction of sp³-hybridized carbons (Fsp3) is 0.429. The predicted octanol–water partition coefficient (Wildman–Crippen LogP) is 4.56. The summed E-state index contributed by atoms with van der Waals surface area (Å²) in [5, 5.41) is 21.5. The Labute approximate surface area is 236 Å². The number of benzene rings is 1. The van der Waals surface area contributed by atoms with Crippen LogP contribution in [-0.4, -0.2) is 84.5 Å². The van der Waals surface area contributed by atoms with Crippen molar-refractivity contribution in [3.05, 3.63) is 41.9 Å². The Morgan fingerprint density at radius 1 is 1.39 bits per heavy atom. The van der Waals surface area contributed by atoms with Gasteiger partial charge in [0, 0.05) is 56.6 Å². The lowest BCUT2D eigenvalue weighted by Crippen LogP contribution is -2.60. The molecule has 1 atom stereocenters. The monoisotopic (exact) mass is 567 g/mol. The molecule has 2 amide bonds. The van der Waals surface area contributed by atoms with Crippen molar-refractivity contribution in [2.24, 2.45) is 21.8 Å². The SMILES string of the molecule is CN=C/C(=C\c1ncc(-c2cccc(NC(=O)NCC(F)(F)F)c2)[nH]1)C(C=N)C=NC1(CC#N)CN(CC2CC2)C1. The number of nitrogens with zero attached hydrogens (tertiary/aromatic N) is 5. The van der Waals surface area contributed by atoms with Gasteiger partial charge in [-0.15, -0.1) is 0 Å². The van der Waals surface area contributed by atoms with Gasteiger partial charge in [-0.3, -0.25) is 14.9 Å². The van der Waals surface area contributed by atoms with Crippen LogP contribution in [0.15, 0.2) is 46.0 Å². The lowest BCUT2D eigenvalue weighted by Gasteiger charge is -2.46. The molecular weight excluding hydrogens is 535 g/mol. The molecule has 2 aromatic rings. The van der Waals surface area contributed by atoms with Crippen LogP contribution in [0.5, 0.6) is 0 Å². The van der Waals surface area contributed by atoms with Gasteiger partial charge in [-0.05, 0) is 42.5 Å². The van der Waals surface area contributed by atoms with Gasteiger partial charge in [-0.25, -0.2) is 9.78 Å². The molecule has 1 aromatic heterocycles. The van der Waals surface area contributed by atoms with Gasteiger partial charge in [-0.2, -0.15) is 18.4 Å². The number of anilines is 1. The number of urea groups is 1. The molecule has 1 saturated carbocycles. The van der Waals surface area contributed by atoms with E-state index in [9.17, 15) is 23.2 Å². The Morgan fingerprint density at radius 2 is 2.17 bits per heavy atom. The number of aromatic amines is 1. The first-order valence-corrected chi connectivity index (χ1v) is 13.2. The second kappa shape index (κ2) is 12.9. The summed E-state index contributed by atoms with van der Waals surface area (Å²) < 4.78 is 37.1. The smallest absolute Gasteiger partial charge is 0.338 e. The van der Waals surface area contributed by atoms with E-state index in [-0.39, 0.29) is 0 Å². The zero-order valence-corrected chi connectivity index (χ0v) is 22.6. The zero-order chi connectivity index (χ0) is 29.5. The summed E-state index contributed by atoms with van der Waals surface area (Å²) in [6.45, 7) is 1.09. The van der Waals surface area contributed by atoms with Crippen molar-refractivity contribution in [3.63, 3.8) is 0 Å². The average Bonchev–Trinajstić information content (AvgIpc) is 3.61. The molecule has 1 aliphatic carbocycles. The normalized spacial score (nSPS) is 18.2. The molecule has 0 spiro atoms. The minimum Gasteiger partial charge on any atom is -0.338 e. The zero-order valence-electron chi connectivity index (χ0n) is 22.6. The van der Waals surface area contributed by atoms with Crippen LogP contribution in [0.3, 0.4) is 0 Å². The topological polar surface area (TPSA) is 145 Å². The van der Waals surface area contributed by atoms with Gasteiger partial charge in [0.15, 0.2) is 0 Å². The number of imidazole rings is 1. The number of allylic oxidation sites excluding steroid dienone is 1. The molecule has 1 aliphatic heterocycles. The summed E-state index contributed by atoms with van der Waals surface area (Å²) in [4.78, 5) is 30.6. The molecule has 2 aliphatic rings.